The van der Waals surface area contributed by atoms with Crippen LogP contribution in [0.15, 0.2) is 22.0 Å². The van der Waals surface area contributed by atoms with Crippen LogP contribution in [0.1, 0.15) is 60.8 Å². The predicted molar refractivity (Wildman–Crippen MR) is 139 cm³/mol. The lowest BCUT2D eigenvalue weighted by atomic mass is 10.0. The van der Waals surface area contributed by atoms with E-state index in [2.05, 4.69) is 0 Å². The molecule has 33 heavy (non-hydrogen) atoms. The summed E-state index contributed by atoms with van der Waals surface area (Å²) >= 11 is 3.74. The third-order valence-electron chi connectivity index (χ3n) is 6.06. The van der Waals surface area contributed by atoms with Crippen molar-refractivity contribution in [3.8, 4) is 11.8 Å². The van der Waals surface area contributed by atoms with Crippen LogP contribution >= 0.6 is 23.5 Å². The van der Waals surface area contributed by atoms with E-state index >= 15 is 0 Å². The van der Waals surface area contributed by atoms with Crippen LogP contribution in [0.2, 0.25) is 0 Å². The fourth-order valence-electron chi connectivity index (χ4n) is 3.88. The van der Waals surface area contributed by atoms with Crippen LogP contribution in [0.3, 0.4) is 0 Å². The lowest BCUT2D eigenvalue weighted by Crippen LogP contribution is -2.37. The molecule has 2 heterocycles. The molecule has 0 atom stereocenters. The van der Waals surface area contributed by atoms with E-state index in [1.54, 1.807) is 0 Å². The highest BCUT2D eigenvalue weighted by Gasteiger charge is 2.27. The zero-order valence-corrected chi connectivity index (χ0v) is 22.5. The fraction of sp³-hybridized carbons (Fsp3) is 0.739. The number of aromatic hydroxyl groups is 2. The molecule has 0 spiro atoms. The molecular formula is C23H40N4O4S2. The Hall–Kier alpha value is -1.68. The molecule has 0 aliphatic heterocycles. The first-order valence-corrected chi connectivity index (χ1v) is 14.0. The van der Waals surface area contributed by atoms with Gasteiger partial charge in [0, 0.05) is 24.2 Å². The number of nitrogens with zero attached hydrogens (tertiary/aromatic N) is 4. The number of rotatable bonds is 14. The van der Waals surface area contributed by atoms with E-state index in [1.807, 2.05) is 65.1 Å². The van der Waals surface area contributed by atoms with Crippen molar-refractivity contribution in [3.05, 3.63) is 33.4 Å². The molecular weight excluding hydrogens is 460 g/mol. The van der Waals surface area contributed by atoms with Gasteiger partial charge in [-0.25, -0.2) is 9.59 Å². The van der Waals surface area contributed by atoms with Crippen LogP contribution in [0.5, 0.6) is 11.8 Å². The number of hydrogen-bond acceptors (Lipinski definition) is 6. The standard InChI is InChI=1S/C23H40N4O4S2/c1-7-24-16-18(28)26(20(24)30)22(3,4)10-14-32-12-9-13-33-15-11-23(5,6)27-19(29)17-25(8-2)21(27)31/h16-17,28-29H,7-15H2,1-6H3. The highest BCUT2D eigenvalue weighted by atomic mass is 32.2. The van der Waals surface area contributed by atoms with Crippen molar-refractivity contribution < 1.29 is 10.2 Å². The normalized spacial score (nSPS) is 12.5. The van der Waals surface area contributed by atoms with Crippen LogP contribution in [-0.4, -0.2) is 51.5 Å². The molecule has 10 heteroatoms. The third kappa shape index (κ3) is 6.68. The van der Waals surface area contributed by atoms with Crippen LogP contribution in [0, 0.1) is 0 Å². The largest absolute Gasteiger partial charge is 0.493 e. The Morgan fingerprint density at radius 1 is 0.727 bits per heavy atom. The average molecular weight is 501 g/mol. The van der Waals surface area contributed by atoms with Gasteiger partial charge in [-0.3, -0.25) is 18.3 Å². The van der Waals surface area contributed by atoms with Crippen LogP contribution < -0.4 is 11.4 Å². The molecule has 0 saturated heterocycles. The summed E-state index contributed by atoms with van der Waals surface area (Å²) < 4.78 is 6.04. The van der Waals surface area contributed by atoms with Crippen molar-refractivity contribution in [3.63, 3.8) is 0 Å². The maximum atomic E-state index is 12.4. The fourth-order valence-corrected chi connectivity index (χ4v) is 6.46. The van der Waals surface area contributed by atoms with E-state index in [-0.39, 0.29) is 23.1 Å². The van der Waals surface area contributed by atoms with Gasteiger partial charge in [0.15, 0.2) is 0 Å². The molecule has 2 aromatic rings. The van der Waals surface area contributed by atoms with Gasteiger partial charge in [-0.05, 0) is 83.8 Å². The summed E-state index contributed by atoms with van der Waals surface area (Å²) in [5.74, 6) is 3.98. The minimum Gasteiger partial charge on any atom is -0.493 e. The lowest BCUT2D eigenvalue weighted by Gasteiger charge is -2.26. The van der Waals surface area contributed by atoms with Gasteiger partial charge in [0.25, 0.3) is 0 Å². The predicted octanol–water partition coefficient (Wildman–Crippen LogP) is 3.87. The van der Waals surface area contributed by atoms with Gasteiger partial charge in [-0.1, -0.05) is 0 Å². The maximum Gasteiger partial charge on any atom is 0.331 e. The van der Waals surface area contributed by atoms with Crippen molar-refractivity contribution in [2.75, 3.05) is 23.0 Å². The van der Waals surface area contributed by atoms with Crippen molar-refractivity contribution in [2.24, 2.45) is 0 Å². The first kappa shape index (κ1) is 27.6. The molecule has 0 amide bonds. The van der Waals surface area contributed by atoms with Gasteiger partial charge in [-0.15, -0.1) is 0 Å². The Bertz CT molecular complexity index is 937. The summed E-state index contributed by atoms with van der Waals surface area (Å²) in [6, 6.07) is 0. The van der Waals surface area contributed by atoms with Gasteiger partial charge in [-0.2, -0.15) is 23.5 Å². The van der Waals surface area contributed by atoms with Crippen LogP contribution in [0.25, 0.3) is 0 Å². The van der Waals surface area contributed by atoms with Gasteiger partial charge in [0.1, 0.15) is 0 Å². The SMILES string of the molecule is CCn1cc(O)n(C(C)(C)CCSCCCSCCC(C)(C)n2c(O)cn(CC)c2=O)c1=O. The van der Waals surface area contributed by atoms with Crippen molar-refractivity contribution in [1.82, 2.24) is 18.3 Å². The van der Waals surface area contributed by atoms with E-state index in [1.165, 1.54) is 30.7 Å². The Morgan fingerprint density at radius 3 is 1.39 bits per heavy atom. The molecule has 0 aliphatic rings. The zero-order chi connectivity index (χ0) is 24.8. The summed E-state index contributed by atoms with van der Waals surface area (Å²) in [6.07, 6.45) is 5.70. The summed E-state index contributed by atoms with van der Waals surface area (Å²) in [5, 5.41) is 20.3. The minimum absolute atomic E-state index is 0.0259. The first-order valence-electron chi connectivity index (χ1n) is 11.6. The summed E-state index contributed by atoms with van der Waals surface area (Å²) in [6.45, 7) is 12.8. The van der Waals surface area contributed by atoms with E-state index in [4.69, 9.17) is 0 Å². The Balaban J connectivity index is 1.68. The highest BCUT2D eigenvalue weighted by Crippen LogP contribution is 2.27. The number of hydrogen-bond donors (Lipinski definition) is 2. The molecule has 0 aliphatic carbocycles. The number of aromatic nitrogens is 4. The smallest absolute Gasteiger partial charge is 0.331 e. The quantitative estimate of drug-likeness (QED) is 0.383. The molecule has 0 unspecified atom stereocenters. The van der Waals surface area contributed by atoms with Crippen LogP contribution in [-0.2, 0) is 24.2 Å². The Kier molecular flexibility index (Phi) is 9.72. The summed E-state index contributed by atoms with van der Waals surface area (Å²) in [5.41, 5.74) is -1.19. The van der Waals surface area contributed by atoms with Gasteiger partial charge in [0.2, 0.25) is 11.8 Å². The average Bonchev–Trinajstić information content (AvgIpc) is 3.20. The number of thioether (sulfide) groups is 2. The topological polar surface area (TPSA) is 94.3 Å². The molecule has 188 valence electrons. The molecule has 0 fully saturated rings. The number of imidazole rings is 2. The molecule has 2 N–H and O–H groups in total. The minimum atomic E-state index is -0.435. The molecule has 8 nitrogen and oxygen atoms in total. The Labute approximate surface area is 205 Å². The van der Waals surface area contributed by atoms with Crippen molar-refractivity contribution in [1.29, 1.82) is 0 Å². The van der Waals surface area contributed by atoms with Gasteiger partial charge < -0.3 is 10.2 Å². The van der Waals surface area contributed by atoms with Gasteiger partial charge >= 0.3 is 11.4 Å². The second-order valence-corrected chi connectivity index (χ2v) is 11.9. The molecule has 0 radical (unpaired) electrons. The molecule has 2 rings (SSSR count). The van der Waals surface area contributed by atoms with Crippen molar-refractivity contribution >= 4 is 23.5 Å². The van der Waals surface area contributed by atoms with E-state index in [0.29, 0.717) is 13.1 Å². The summed E-state index contributed by atoms with van der Waals surface area (Å²) in [4.78, 5) is 24.9. The second kappa shape index (κ2) is 11.6. The lowest BCUT2D eigenvalue weighted by molar-refractivity contribution is 0.285. The monoisotopic (exact) mass is 500 g/mol. The van der Waals surface area contributed by atoms with E-state index in [0.717, 1.165) is 42.3 Å². The summed E-state index contributed by atoms with van der Waals surface area (Å²) in [7, 11) is 0. The number of aryl methyl sites for hydroxylation is 2. The van der Waals surface area contributed by atoms with E-state index < -0.39 is 11.1 Å². The maximum absolute atomic E-state index is 12.4. The second-order valence-electron chi connectivity index (χ2n) is 9.49. The van der Waals surface area contributed by atoms with E-state index in [9.17, 15) is 19.8 Å². The molecule has 0 bridgehead atoms. The van der Waals surface area contributed by atoms with Gasteiger partial charge in [0.05, 0.1) is 12.4 Å². The Morgan fingerprint density at radius 2 is 1.09 bits per heavy atom. The molecule has 2 aromatic heterocycles. The first-order chi connectivity index (χ1) is 15.5. The highest BCUT2D eigenvalue weighted by molar-refractivity contribution is 8.00. The molecule has 0 saturated carbocycles. The zero-order valence-electron chi connectivity index (χ0n) is 20.8. The van der Waals surface area contributed by atoms with Crippen LogP contribution in [0.4, 0.5) is 0 Å². The van der Waals surface area contributed by atoms with Crippen molar-refractivity contribution in [2.45, 2.75) is 85.0 Å². The third-order valence-corrected chi connectivity index (χ3v) is 8.20. The molecule has 0 aromatic carbocycles.